The highest BCUT2D eigenvalue weighted by molar-refractivity contribution is 9.10. The van der Waals surface area contributed by atoms with Crippen LogP contribution in [0.2, 0.25) is 0 Å². The fourth-order valence-electron chi connectivity index (χ4n) is 2.54. The van der Waals surface area contributed by atoms with Crippen LogP contribution >= 0.6 is 15.9 Å². The molecule has 1 N–H and O–H groups in total. The van der Waals surface area contributed by atoms with Crippen LogP contribution in [0.3, 0.4) is 0 Å². The van der Waals surface area contributed by atoms with Gasteiger partial charge in [-0.05, 0) is 31.5 Å². The Balaban J connectivity index is 1.62. The summed E-state index contributed by atoms with van der Waals surface area (Å²) in [4.78, 5) is 0. The monoisotopic (exact) mass is 341 g/mol. The van der Waals surface area contributed by atoms with Crippen molar-refractivity contribution in [3.63, 3.8) is 0 Å². The van der Waals surface area contributed by atoms with E-state index in [0.29, 0.717) is 13.2 Å². The maximum Gasteiger partial charge on any atom is 0.162 e. The van der Waals surface area contributed by atoms with Crippen molar-refractivity contribution in [2.45, 2.75) is 38.6 Å². The first-order chi connectivity index (χ1) is 9.53. The van der Waals surface area contributed by atoms with Crippen LogP contribution in [-0.2, 0) is 22.4 Å². The first kappa shape index (κ1) is 14.3. The van der Waals surface area contributed by atoms with E-state index in [-0.39, 0.29) is 6.04 Å². The standard InChI is InChI=1S/C15H20BrNO3/c1-15(2)19-8-13(9-20-15)17-7-11-6-12(16)5-10-3-4-18-14(10)11/h5-6,13,17H,3-4,7-9H2,1-2H3. The predicted octanol–water partition coefficient (Wildman–Crippen LogP) is 2.63. The van der Waals surface area contributed by atoms with Crippen molar-refractivity contribution in [1.82, 2.24) is 5.32 Å². The minimum Gasteiger partial charge on any atom is -0.493 e. The summed E-state index contributed by atoms with van der Waals surface area (Å²) in [5.41, 5.74) is 2.48. The van der Waals surface area contributed by atoms with Crippen molar-refractivity contribution in [3.05, 3.63) is 27.7 Å². The van der Waals surface area contributed by atoms with E-state index in [9.17, 15) is 0 Å². The molecule has 0 spiro atoms. The fraction of sp³-hybridized carbons (Fsp3) is 0.600. The fourth-order valence-corrected chi connectivity index (χ4v) is 3.09. The lowest BCUT2D eigenvalue weighted by Gasteiger charge is -2.35. The van der Waals surface area contributed by atoms with E-state index in [2.05, 4.69) is 33.4 Å². The van der Waals surface area contributed by atoms with Crippen LogP contribution in [0.5, 0.6) is 5.75 Å². The molecule has 2 heterocycles. The molecule has 0 amide bonds. The Hall–Kier alpha value is -0.620. The maximum atomic E-state index is 5.73. The van der Waals surface area contributed by atoms with Gasteiger partial charge >= 0.3 is 0 Å². The summed E-state index contributed by atoms with van der Waals surface area (Å²) < 4.78 is 18.2. The number of hydrogen-bond donors (Lipinski definition) is 1. The molecule has 0 radical (unpaired) electrons. The van der Waals surface area contributed by atoms with E-state index in [1.54, 1.807) is 0 Å². The number of fused-ring (bicyclic) bond motifs is 1. The minimum absolute atomic E-state index is 0.221. The first-order valence-electron chi connectivity index (χ1n) is 6.99. The molecule has 1 aromatic carbocycles. The van der Waals surface area contributed by atoms with Gasteiger partial charge in [0, 0.05) is 23.0 Å². The number of benzene rings is 1. The second kappa shape index (κ2) is 5.64. The maximum absolute atomic E-state index is 5.73. The molecule has 2 aliphatic rings. The zero-order chi connectivity index (χ0) is 14.2. The largest absolute Gasteiger partial charge is 0.493 e. The highest BCUT2D eigenvalue weighted by Gasteiger charge is 2.28. The number of rotatable bonds is 3. The molecule has 5 heteroatoms. The Morgan fingerprint density at radius 1 is 1.30 bits per heavy atom. The lowest BCUT2D eigenvalue weighted by atomic mass is 10.1. The molecule has 1 fully saturated rings. The molecule has 1 saturated heterocycles. The molecule has 0 bridgehead atoms. The predicted molar refractivity (Wildman–Crippen MR) is 80.0 cm³/mol. The van der Waals surface area contributed by atoms with Crippen molar-refractivity contribution >= 4 is 15.9 Å². The smallest absolute Gasteiger partial charge is 0.162 e. The zero-order valence-electron chi connectivity index (χ0n) is 11.9. The van der Waals surface area contributed by atoms with Crippen LogP contribution in [-0.4, -0.2) is 31.6 Å². The van der Waals surface area contributed by atoms with Gasteiger partial charge < -0.3 is 19.5 Å². The Morgan fingerprint density at radius 3 is 2.80 bits per heavy atom. The molecular weight excluding hydrogens is 322 g/mol. The first-order valence-corrected chi connectivity index (χ1v) is 7.78. The normalized spacial score (nSPS) is 21.6. The van der Waals surface area contributed by atoms with Gasteiger partial charge in [0.15, 0.2) is 5.79 Å². The molecule has 0 saturated carbocycles. The zero-order valence-corrected chi connectivity index (χ0v) is 13.5. The molecule has 0 aromatic heterocycles. The quantitative estimate of drug-likeness (QED) is 0.917. The highest BCUT2D eigenvalue weighted by atomic mass is 79.9. The van der Waals surface area contributed by atoms with Crippen LogP contribution in [0.4, 0.5) is 0 Å². The van der Waals surface area contributed by atoms with E-state index >= 15 is 0 Å². The molecular formula is C15H20BrNO3. The molecule has 0 unspecified atom stereocenters. The van der Waals surface area contributed by atoms with E-state index in [0.717, 1.165) is 29.8 Å². The number of hydrogen-bond acceptors (Lipinski definition) is 4. The average molecular weight is 342 g/mol. The van der Waals surface area contributed by atoms with Gasteiger partial charge in [-0.2, -0.15) is 0 Å². The van der Waals surface area contributed by atoms with Gasteiger partial charge in [0.2, 0.25) is 0 Å². The van der Waals surface area contributed by atoms with Crippen LogP contribution < -0.4 is 10.1 Å². The molecule has 0 aliphatic carbocycles. The van der Waals surface area contributed by atoms with Gasteiger partial charge in [0.25, 0.3) is 0 Å². The van der Waals surface area contributed by atoms with Gasteiger partial charge in [-0.1, -0.05) is 15.9 Å². The second-order valence-corrected chi connectivity index (χ2v) is 6.67. The third kappa shape index (κ3) is 3.17. The van der Waals surface area contributed by atoms with E-state index in [4.69, 9.17) is 14.2 Å². The van der Waals surface area contributed by atoms with E-state index in [1.165, 1.54) is 11.1 Å². The lowest BCUT2D eigenvalue weighted by Crippen LogP contribution is -2.48. The van der Waals surface area contributed by atoms with Crippen molar-refractivity contribution in [3.8, 4) is 5.75 Å². The molecule has 20 heavy (non-hydrogen) atoms. The van der Waals surface area contributed by atoms with Gasteiger partial charge in [0.1, 0.15) is 5.75 Å². The molecule has 110 valence electrons. The highest BCUT2D eigenvalue weighted by Crippen LogP contribution is 2.33. The van der Waals surface area contributed by atoms with Gasteiger partial charge in [-0.3, -0.25) is 0 Å². The van der Waals surface area contributed by atoms with Crippen LogP contribution in [0, 0.1) is 0 Å². The number of ether oxygens (including phenoxy) is 3. The average Bonchev–Trinajstić information content (AvgIpc) is 2.85. The molecule has 3 rings (SSSR count). The summed E-state index contributed by atoms with van der Waals surface area (Å²) in [7, 11) is 0. The summed E-state index contributed by atoms with van der Waals surface area (Å²) in [6, 6.07) is 4.48. The molecule has 0 atom stereocenters. The second-order valence-electron chi connectivity index (χ2n) is 5.75. The lowest BCUT2D eigenvalue weighted by molar-refractivity contribution is -0.253. The SMILES string of the molecule is CC1(C)OCC(NCc2cc(Br)cc3c2OCC3)CO1. The van der Waals surface area contributed by atoms with Crippen LogP contribution in [0.25, 0.3) is 0 Å². The topological polar surface area (TPSA) is 39.7 Å². The Morgan fingerprint density at radius 2 is 2.05 bits per heavy atom. The Bertz CT molecular complexity index is 494. The van der Waals surface area contributed by atoms with Crippen LogP contribution in [0.1, 0.15) is 25.0 Å². The van der Waals surface area contributed by atoms with Crippen molar-refractivity contribution in [2.24, 2.45) is 0 Å². The number of halogens is 1. The van der Waals surface area contributed by atoms with Gasteiger partial charge in [-0.25, -0.2) is 0 Å². The summed E-state index contributed by atoms with van der Waals surface area (Å²) >= 11 is 3.56. The van der Waals surface area contributed by atoms with E-state index < -0.39 is 5.79 Å². The van der Waals surface area contributed by atoms with Crippen LogP contribution in [0.15, 0.2) is 16.6 Å². The summed E-state index contributed by atoms with van der Waals surface area (Å²) in [5, 5.41) is 3.48. The van der Waals surface area contributed by atoms with Crippen molar-refractivity contribution in [2.75, 3.05) is 19.8 Å². The third-order valence-electron chi connectivity index (χ3n) is 3.67. The Labute approximate surface area is 127 Å². The third-order valence-corrected chi connectivity index (χ3v) is 4.13. The van der Waals surface area contributed by atoms with Crippen molar-refractivity contribution < 1.29 is 14.2 Å². The van der Waals surface area contributed by atoms with Gasteiger partial charge in [-0.15, -0.1) is 0 Å². The summed E-state index contributed by atoms with van der Waals surface area (Å²) in [6.45, 7) is 6.77. The van der Waals surface area contributed by atoms with E-state index in [1.807, 2.05) is 13.8 Å². The van der Waals surface area contributed by atoms with Gasteiger partial charge in [0.05, 0.1) is 25.9 Å². The molecule has 1 aromatic rings. The Kier molecular flexibility index (Phi) is 4.04. The number of nitrogens with one attached hydrogen (secondary N) is 1. The van der Waals surface area contributed by atoms with Crippen molar-refractivity contribution in [1.29, 1.82) is 0 Å². The summed E-state index contributed by atoms with van der Waals surface area (Å²) in [6.07, 6.45) is 0.992. The summed E-state index contributed by atoms with van der Waals surface area (Å²) in [5.74, 6) is 0.580. The molecule has 2 aliphatic heterocycles. The minimum atomic E-state index is -0.460. The molecule has 4 nitrogen and oxygen atoms in total.